The van der Waals surface area contributed by atoms with Crippen molar-refractivity contribution in [2.75, 3.05) is 11.4 Å². The van der Waals surface area contributed by atoms with Crippen LogP contribution in [0.4, 0.5) is 5.69 Å². The Hall–Kier alpha value is -1.91. The molecule has 0 amide bonds. The number of aromatic carboxylic acids is 1. The molecule has 16 heavy (non-hydrogen) atoms. The molecular formula is C11H11BN2O2. The molecule has 1 aromatic carbocycles. The predicted molar refractivity (Wildman–Crippen MR) is 64.9 cm³/mol. The van der Waals surface area contributed by atoms with Gasteiger partial charge in [0.05, 0.1) is 0 Å². The molecule has 2 heterocycles. The number of hydrogen-bond acceptors (Lipinski definition) is 2. The molecule has 1 aliphatic heterocycles. The average Bonchev–Trinajstić information content (AvgIpc) is 2.81. The summed E-state index contributed by atoms with van der Waals surface area (Å²) in [5, 5.41) is 9.99. The Morgan fingerprint density at radius 1 is 1.50 bits per heavy atom. The molecule has 4 nitrogen and oxygen atoms in total. The van der Waals surface area contributed by atoms with Crippen LogP contribution in [0.25, 0.3) is 10.9 Å². The first kappa shape index (κ1) is 9.33. The van der Waals surface area contributed by atoms with E-state index in [1.165, 1.54) is 11.3 Å². The average molecular weight is 214 g/mol. The van der Waals surface area contributed by atoms with Crippen LogP contribution in [-0.4, -0.2) is 30.6 Å². The van der Waals surface area contributed by atoms with Crippen molar-refractivity contribution in [3.63, 3.8) is 0 Å². The van der Waals surface area contributed by atoms with Crippen molar-refractivity contribution in [3.8, 4) is 0 Å². The molecule has 0 unspecified atom stereocenters. The molecule has 0 bridgehead atoms. The highest BCUT2D eigenvalue weighted by molar-refractivity contribution is 6.19. The van der Waals surface area contributed by atoms with E-state index < -0.39 is 5.97 Å². The number of hydrogen-bond donors (Lipinski definition) is 2. The molecule has 0 aliphatic carbocycles. The van der Waals surface area contributed by atoms with Crippen LogP contribution < -0.4 is 4.81 Å². The Morgan fingerprint density at radius 2 is 2.31 bits per heavy atom. The fraction of sp³-hybridized carbons (Fsp3) is 0.182. The van der Waals surface area contributed by atoms with E-state index >= 15 is 0 Å². The molecule has 0 saturated carbocycles. The number of rotatable bonds is 1. The van der Waals surface area contributed by atoms with Gasteiger partial charge in [-0.05, 0) is 30.2 Å². The maximum absolute atomic E-state index is 10.9. The summed E-state index contributed by atoms with van der Waals surface area (Å²) < 4.78 is 0. The fourth-order valence-corrected chi connectivity index (χ4v) is 2.39. The number of nitrogens with one attached hydrogen (secondary N) is 1. The first-order valence-electron chi connectivity index (χ1n) is 5.26. The van der Waals surface area contributed by atoms with Gasteiger partial charge in [-0.25, -0.2) is 4.79 Å². The predicted octanol–water partition coefficient (Wildman–Crippen LogP) is 0.777. The van der Waals surface area contributed by atoms with Crippen molar-refractivity contribution < 1.29 is 9.90 Å². The van der Waals surface area contributed by atoms with E-state index in [2.05, 4.69) is 17.8 Å². The normalized spacial score (nSPS) is 14.4. The van der Waals surface area contributed by atoms with Gasteiger partial charge in [-0.15, -0.1) is 0 Å². The third kappa shape index (κ3) is 1.14. The number of benzene rings is 1. The molecule has 1 aliphatic rings. The van der Waals surface area contributed by atoms with Crippen molar-refractivity contribution in [1.82, 2.24) is 4.98 Å². The SMILES string of the molecule is BN1CCc2c1ccc1[nH]c(C(=O)O)cc21. The van der Waals surface area contributed by atoms with Crippen LogP contribution in [0, 0.1) is 0 Å². The third-order valence-electron chi connectivity index (χ3n) is 3.23. The smallest absolute Gasteiger partial charge is 0.352 e. The molecule has 0 atom stereocenters. The summed E-state index contributed by atoms with van der Waals surface area (Å²) >= 11 is 0. The molecule has 80 valence electrons. The quantitative estimate of drug-likeness (QED) is 0.689. The zero-order valence-corrected chi connectivity index (χ0v) is 8.95. The van der Waals surface area contributed by atoms with Gasteiger partial charge in [-0.2, -0.15) is 0 Å². The largest absolute Gasteiger partial charge is 0.477 e. The van der Waals surface area contributed by atoms with Gasteiger partial charge in [0.2, 0.25) is 7.98 Å². The molecular weight excluding hydrogens is 203 g/mol. The van der Waals surface area contributed by atoms with Crippen LogP contribution in [0.5, 0.6) is 0 Å². The highest BCUT2D eigenvalue weighted by Crippen LogP contribution is 2.33. The van der Waals surface area contributed by atoms with Crippen molar-refractivity contribution in [2.45, 2.75) is 6.42 Å². The minimum atomic E-state index is -0.906. The highest BCUT2D eigenvalue weighted by atomic mass is 16.4. The van der Waals surface area contributed by atoms with Crippen molar-refractivity contribution in [3.05, 3.63) is 29.5 Å². The molecule has 3 rings (SSSR count). The third-order valence-corrected chi connectivity index (χ3v) is 3.23. The lowest BCUT2D eigenvalue weighted by Gasteiger charge is -2.11. The number of aromatic amines is 1. The number of nitrogens with zero attached hydrogens (tertiary/aromatic N) is 1. The molecule has 0 fully saturated rings. The maximum Gasteiger partial charge on any atom is 0.352 e. The molecule has 0 spiro atoms. The van der Waals surface area contributed by atoms with Crippen LogP contribution in [-0.2, 0) is 6.42 Å². The Morgan fingerprint density at radius 3 is 3.06 bits per heavy atom. The van der Waals surface area contributed by atoms with Gasteiger partial charge in [0, 0.05) is 23.1 Å². The van der Waals surface area contributed by atoms with E-state index in [9.17, 15) is 4.79 Å². The van der Waals surface area contributed by atoms with Gasteiger partial charge in [-0.1, -0.05) is 0 Å². The van der Waals surface area contributed by atoms with E-state index in [1.807, 2.05) is 12.1 Å². The zero-order chi connectivity index (χ0) is 11.3. The molecule has 2 aromatic rings. The second-order valence-corrected chi connectivity index (χ2v) is 4.18. The second kappa shape index (κ2) is 3.04. The van der Waals surface area contributed by atoms with Gasteiger partial charge < -0.3 is 14.9 Å². The molecule has 0 radical (unpaired) electrons. The van der Waals surface area contributed by atoms with E-state index in [0.717, 1.165) is 23.9 Å². The Bertz CT molecular complexity index is 591. The number of H-pyrrole nitrogens is 1. The van der Waals surface area contributed by atoms with E-state index in [1.54, 1.807) is 6.07 Å². The summed E-state index contributed by atoms with van der Waals surface area (Å²) in [6.45, 7) is 1.00. The minimum Gasteiger partial charge on any atom is -0.477 e. The molecule has 2 N–H and O–H groups in total. The van der Waals surface area contributed by atoms with E-state index in [-0.39, 0.29) is 5.69 Å². The number of aromatic nitrogens is 1. The van der Waals surface area contributed by atoms with Crippen LogP contribution >= 0.6 is 0 Å². The lowest BCUT2D eigenvalue weighted by Crippen LogP contribution is -2.14. The summed E-state index contributed by atoms with van der Waals surface area (Å²) in [4.78, 5) is 16.0. The molecule has 0 saturated heterocycles. The highest BCUT2D eigenvalue weighted by Gasteiger charge is 2.19. The summed E-state index contributed by atoms with van der Waals surface area (Å²) in [5.74, 6) is -0.906. The summed E-state index contributed by atoms with van der Waals surface area (Å²) in [7, 11) is 2.06. The first-order valence-corrected chi connectivity index (χ1v) is 5.26. The Kier molecular flexibility index (Phi) is 1.77. The maximum atomic E-state index is 10.9. The van der Waals surface area contributed by atoms with Crippen molar-refractivity contribution in [1.29, 1.82) is 0 Å². The lowest BCUT2D eigenvalue weighted by molar-refractivity contribution is 0.0691. The van der Waals surface area contributed by atoms with Gasteiger partial charge in [0.15, 0.2) is 0 Å². The monoisotopic (exact) mass is 214 g/mol. The molecule has 1 aromatic heterocycles. The molecule has 5 heteroatoms. The van der Waals surface area contributed by atoms with Crippen LogP contribution in [0.15, 0.2) is 18.2 Å². The number of fused-ring (bicyclic) bond motifs is 3. The second-order valence-electron chi connectivity index (χ2n) is 4.18. The lowest BCUT2D eigenvalue weighted by atomic mass is 10.1. The minimum absolute atomic E-state index is 0.262. The van der Waals surface area contributed by atoms with E-state index in [0.29, 0.717) is 0 Å². The van der Waals surface area contributed by atoms with Crippen molar-refractivity contribution >= 4 is 30.5 Å². The topological polar surface area (TPSA) is 56.3 Å². The van der Waals surface area contributed by atoms with Crippen LogP contribution in [0.2, 0.25) is 0 Å². The van der Waals surface area contributed by atoms with Gasteiger partial charge in [0.25, 0.3) is 0 Å². The Labute approximate surface area is 93.3 Å². The summed E-state index contributed by atoms with van der Waals surface area (Å²) in [6, 6.07) is 5.73. The zero-order valence-electron chi connectivity index (χ0n) is 8.95. The standard InChI is InChI=1S/C11H11BN2O2/c12-14-4-3-6-7-5-9(11(15)16)13-8(7)1-2-10(6)14/h1-2,5,13H,3-4,12H2,(H,15,16). The van der Waals surface area contributed by atoms with Crippen LogP contribution in [0.3, 0.4) is 0 Å². The number of carbonyl (C=O) groups is 1. The fourth-order valence-electron chi connectivity index (χ4n) is 2.39. The summed E-state index contributed by atoms with van der Waals surface area (Å²) in [5.41, 5.74) is 3.64. The van der Waals surface area contributed by atoms with Crippen LogP contribution in [0.1, 0.15) is 16.1 Å². The number of anilines is 1. The van der Waals surface area contributed by atoms with Gasteiger partial charge >= 0.3 is 5.97 Å². The van der Waals surface area contributed by atoms with E-state index in [4.69, 9.17) is 5.11 Å². The van der Waals surface area contributed by atoms with Gasteiger partial charge in [0.1, 0.15) is 5.69 Å². The first-order chi connectivity index (χ1) is 7.66. The number of carboxylic acid groups (broad SMARTS) is 1. The summed E-state index contributed by atoms with van der Waals surface area (Å²) in [6.07, 6.45) is 0.986. The Balaban J connectivity index is 2.29. The number of carboxylic acids is 1. The van der Waals surface area contributed by atoms with Gasteiger partial charge in [-0.3, -0.25) is 0 Å². The van der Waals surface area contributed by atoms with Crippen molar-refractivity contribution in [2.24, 2.45) is 0 Å².